The predicted octanol–water partition coefficient (Wildman–Crippen LogP) is 5.88. The Balaban J connectivity index is 1.61. The van der Waals surface area contributed by atoms with Gasteiger partial charge in [-0.1, -0.05) is 6.07 Å². The van der Waals surface area contributed by atoms with Gasteiger partial charge in [0, 0.05) is 33.9 Å². The van der Waals surface area contributed by atoms with Gasteiger partial charge in [0.05, 0.1) is 29.0 Å². The molecular weight excluding hydrogens is 477 g/mol. The molecule has 2 atom stereocenters. The molecule has 1 aromatic carbocycles. The van der Waals surface area contributed by atoms with Crippen LogP contribution in [0.15, 0.2) is 58.5 Å². The number of carbonyl (C=O) groups excluding carboxylic acids is 1. The zero-order valence-electron chi connectivity index (χ0n) is 19.0. The van der Waals surface area contributed by atoms with Crippen LogP contribution in [0, 0.1) is 12.3 Å². The smallest absolute Gasteiger partial charge is 0.416 e. The lowest BCUT2D eigenvalue weighted by Crippen LogP contribution is -2.62. The Morgan fingerprint density at radius 3 is 2.71 bits per heavy atom. The summed E-state index contributed by atoms with van der Waals surface area (Å²) in [6.45, 7) is 3.35. The fraction of sp³-hybridized carbons (Fsp3) is 0.240. The second-order valence-electron chi connectivity index (χ2n) is 8.80. The van der Waals surface area contributed by atoms with Crippen LogP contribution >= 0.6 is 11.3 Å². The number of nitrogens with zero attached hydrogens (tertiary/aromatic N) is 2. The number of furan rings is 1. The molecule has 4 heterocycles. The second kappa shape index (κ2) is 7.94. The zero-order chi connectivity index (χ0) is 25.1. The molecule has 4 aromatic rings. The Hall–Kier alpha value is -3.66. The Morgan fingerprint density at radius 2 is 1.97 bits per heavy atom. The summed E-state index contributed by atoms with van der Waals surface area (Å²) >= 11 is 1.31. The SMILES string of the molecule is Cc1cc(C(F)(F)F)cc(-c2csc([C@@]3(C)NC(=N)N(C)C(=O)C3c3ccc4occc4c3)c2)n1. The third-order valence-electron chi connectivity index (χ3n) is 6.37. The number of amides is 1. The van der Waals surface area contributed by atoms with Crippen molar-refractivity contribution < 1.29 is 22.4 Å². The summed E-state index contributed by atoms with van der Waals surface area (Å²) in [5.74, 6) is -1.01. The van der Waals surface area contributed by atoms with Gasteiger partial charge in [-0.15, -0.1) is 11.3 Å². The van der Waals surface area contributed by atoms with Gasteiger partial charge in [0.25, 0.3) is 0 Å². The van der Waals surface area contributed by atoms with Crippen molar-refractivity contribution >= 4 is 34.2 Å². The molecule has 3 aromatic heterocycles. The highest BCUT2D eigenvalue weighted by atomic mass is 32.1. The highest BCUT2D eigenvalue weighted by Crippen LogP contribution is 2.45. The normalized spacial score (nSPS) is 21.0. The number of carbonyl (C=O) groups is 1. The van der Waals surface area contributed by atoms with E-state index in [1.807, 2.05) is 25.1 Å². The Kier molecular flexibility index (Phi) is 5.24. The van der Waals surface area contributed by atoms with Crippen LogP contribution < -0.4 is 5.32 Å². The molecule has 1 fully saturated rings. The van der Waals surface area contributed by atoms with Crippen LogP contribution in [0.2, 0.25) is 0 Å². The topological polar surface area (TPSA) is 82.2 Å². The fourth-order valence-electron chi connectivity index (χ4n) is 4.52. The molecule has 0 radical (unpaired) electrons. The number of hydrogen-bond acceptors (Lipinski definition) is 5. The van der Waals surface area contributed by atoms with Gasteiger partial charge >= 0.3 is 6.18 Å². The van der Waals surface area contributed by atoms with Gasteiger partial charge in [0.2, 0.25) is 5.91 Å². The molecule has 1 unspecified atom stereocenters. The van der Waals surface area contributed by atoms with E-state index in [0.29, 0.717) is 16.0 Å². The Morgan fingerprint density at radius 1 is 1.20 bits per heavy atom. The van der Waals surface area contributed by atoms with Crippen molar-refractivity contribution in [3.63, 3.8) is 0 Å². The molecule has 1 aliphatic heterocycles. The molecule has 5 rings (SSSR count). The summed E-state index contributed by atoms with van der Waals surface area (Å²) in [7, 11) is 1.54. The van der Waals surface area contributed by atoms with Crippen LogP contribution in [0.4, 0.5) is 13.2 Å². The first-order chi connectivity index (χ1) is 16.5. The number of guanidine groups is 1. The van der Waals surface area contributed by atoms with Gasteiger partial charge in [-0.3, -0.25) is 20.1 Å². The molecule has 1 aliphatic rings. The fourth-order valence-corrected chi connectivity index (χ4v) is 5.57. The van der Waals surface area contributed by atoms with E-state index in [1.165, 1.54) is 30.2 Å². The lowest BCUT2D eigenvalue weighted by molar-refractivity contribution is -0.137. The first-order valence-corrected chi connectivity index (χ1v) is 11.6. The van der Waals surface area contributed by atoms with Gasteiger partial charge in [-0.25, -0.2) is 0 Å². The van der Waals surface area contributed by atoms with Crippen LogP contribution in [-0.2, 0) is 16.5 Å². The highest BCUT2D eigenvalue weighted by Gasteiger charge is 2.49. The van der Waals surface area contributed by atoms with Crippen molar-refractivity contribution in [3.05, 3.63) is 75.8 Å². The van der Waals surface area contributed by atoms with Gasteiger partial charge in [0.15, 0.2) is 5.96 Å². The van der Waals surface area contributed by atoms with E-state index in [1.54, 1.807) is 23.8 Å². The van der Waals surface area contributed by atoms with E-state index in [9.17, 15) is 18.0 Å². The number of halogens is 3. The molecule has 2 N–H and O–H groups in total. The second-order valence-corrected chi connectivity index (χ2v) is 9.72. The van der Waals surface area contributed by atoms with Crippen LogP contribution in [0.5, 0.6) is 0 Å². The molecule has 0 saturated carbocycles. The summed E-state index contributed by atoms with van der Waals surface area (Å²) in [4.78, 5) is 19.7. The van der Waals surface area contributed by atoms with Gasteiger partial charge in [-0.05, 0) is 55.8 Å². The number of hydrogen-bond donors (Lipinski definition) is 2. The molecule has 35 heavy (non-hydrogen) atoms. The molecular formula is C25H21F3N4O2S. The Labute approximate surface area is 202 Å². The number of aryl methyl sites for hydroxylation is 1. The minimum absolute atomic E-state index is 0.0545. The minimum Gasteiger partial charge on any atom is -0.464 e. The van der Waals surface area contributed by atoms with Crippen molar-refractivity contribution in [1.29, 1.82) is 5.41 Å². The number of alkyl halides is 3. The summed E-state index contributed by atoms with van der Waals surface area (Å²) in [6, 6.07) is 11.1. The van der Waals surface area contributed by atoms with Gasteiger partial charge < -0.3 is 9.73 Å². The largest absolute Gasteiger partial charge is 0.464 e. The number of rotatable bonds is 3. The van der Waals surface area contributed by atoms with Crippen LogP contribution in [0.3, 0.4) is 0 Å². The molecule has 0 spiro atoms. The molecule has 1 saturated heterocycles. The van der Waals surface area contributed by atoms with Crippen molar-refractivity contribution in [2.45, 2.75) is 31.5 Å². The highest BCUT2D eigenvalue weighted by molar-refractivity contribution is 7.10. The number of likely N-dealkylation sites (N-methyl/N-ethyl adjacent to an activating group) is 1. The molecule has 6 nitrogen and oxygen atoms in total. The van der Waals surface area contributed by atoms with E-state index < -0.39 is 23.2 Å². The lowest BCUT2D eigenvalue weighted by Gasteiger charge is -2.45. The maximum absolute atomic E-state index is 13.5. The first kappa shape index (κ1) is 23.1. The molecule has 180 valence electrons. The molecule has 0 aliphatic carbocycles. The molecule has 1 amide bonds. The Bertz CT molecular complexity index is 1470. The standard InChI is InChI=1S/C25H21F3N4O2S/c1-13-8-17(25(26,27)28)11-18(30-13)16-10-20(35-12-16)24(2)21(22(33)32(3)23(29)31-24)15-4-5-19-14(9-15)6-7-34-19/h4-12,21H,1-3H3,(H2,29,31)/t21?,24-/m1/s1. The van der Waals surface area contributed by atoms with E-state index in [4.69, 9.17) is 9.83 Å². The first-order valence-electron chi connectivity index (χ1n) is 10.7. The van der Waals surface area contributed by atoms with Crippen molar-refractivity contribution in [3.8, 4) is 11.3 Å². The lowest BCUT2D eigenvalue weighted by atomic mass is 9.76. The number of aromatic nitrogens is 1. The number of benzene rings is 1. The minimum atomic E-state index is -4.49. The third-order valence-corrected chi connectivity index (χ3v) is 7.53. The van der Waals surface area contributed by atoms with Gasteiger partial charge in [0.1, 0.15) is 5.58 Å². The quantitative estimate of drug-likeness (QED) is 0.370. The van der Waals surface area contributed by atoms with E-state index in [-0.39, 0.29) is 23.3 Å². The number of thiophene rings is 1. The zero-order valence-corrected chi connectivity index (χ0v) is 19.8. The average molecular weight is 499 g/mol. The third kappa shape index (κ3) is 3.87. The van der Waals surface area contributed by atoms with E-state index in [2.05, 4.69) is 10.3 Å². The monoisotopic (exact) mass is 498 g/mol. The molecule has 0 bridgehead atoms. The average Bonchev–Trinajstić information content (AvgIpc) is 3.46. The summed E-state index contributed by atoms with van der Waals surface area (Å²) in [5.41, 5.74) is 0.628. The van der Waals surface area contributed by atoms with Gasteiger partial charge in [-0.2, -0.15) is 13.2 Å². The predicted molar refractivity (Wildman–Crippen MR) is 127 cm³/mol. The van der Waals surface area contributed by atoms with Crippen LogP contribution in [-0.4, -0.2) is 28.8 Å². The maximum atomic E-state index is 13.5. The number of pyridine rings is 1. The van der Waals surface area contributed by atoms with Crippen molar-refractivity contribution in [2.24, 2.45) is 0 Å². The van der Waals surface area contributed by atoms with Crippen LogP contribution in [0.25, 0.3) is 22.2 Å². The molecule has 10 heteroatoms. The summed E-state index contributed by atoms with van der Waals surface area (Å²) < 4.78 is 45.5. The maximum Gasteiger partial charge on any atom is 0.416 e. The van der Waals surface area contributed by atoms with E-state index in [0.717, 1.165) is 23.1 Å². The number of nitrogens with one attached hydrogen (secondary N) is 2. The summed E-state index contributed by atoms with van der Waals surface area (Å²) in [5, 5.41) is 14.1. The van der Waals surface area contributed by atoms with Crippen molar-refractivity contribution in [2.75, 3.05) is 7.05 Å². The summed E-state index contributed by atoms with van der Waals surface area (Å²) in [6.07, 6.45) is -2.91. The van der Waals surface area contributed by atoms with Crippen LogP contribution in [0.1, 0.15) is 34.5 Å². The number of fused-ring (bicyclic) bond motifs is 1. The van der Waals surface area contributed by atoms with Crippen molar-refractivity contribution in [1.82, 2.24) is 15.2 Å². The van der Waals surface area contributed by atoms with E-state index >= 15 is 0 Å².